The van der Waals surface area contributed by atoms with Crippen LogP contribution in [0.3, 0.4) is 0 Å². The molecule has 7 heteroatoms. The third-order valence-corrected chi connectivity index (χ3v) is 3.23. The van der Waals surface area contributed by atoms with Crippen LogP contribution in [0, 0.1) is 0 Å². The highest BCUT2D eigenvalue weighted by Gasteiger charge is 2.41. The summed E-state index contributed by atoms with van der Waals surface area (Å²) in [4.78, 5) is 29.3. The molecule has 1 aliphatic heterocycles. The standard InChI is InChI=1S/C11H16N4O3/c1-3-11(2)10(17)15(6-9(16)13-11)5-4-8-12-7-18-14-8/h7H,3-6H2,1-2H3,(H,13,16). The van der Waals surface area contributed by atoms with E-state index < -0.39 is 5.54 Å². The van der Waals surface area contributed by atoms with Crippen LogP contribution >= 0.6 is 0 Å². The molecular formula is C11H16N4O3. The minimum Gasteiger partial charge on any atom is -0.343 e. The summed E-state index contributed by atoms with van der Waals surface area (Å²) >= 11 is 0. The number of amides is 2. The van der Waals surface area contributed by atoms with Crippen molar-refractivity contribution in [2.24, 2.45) is 0 Å². The van der Waals surface area contributed by atoms with Gasteiger partial charge in [0.25, 0.3) is 0 Å². The topological polar surface area (TPSA) is 88.3 Å². The van der Waals surface area contributed by atoms with E-state index in [1.54, 1.807) is 11.8 Å². The Morgan fingerprint density at radius 3 is 2.94 bits per heavy atom. The molecule has 1 aromatic rings. The van der Waals surface area contributed by atoms with Crippen LogP contribution in [-0.2, 0) is 16.0 Å². The first-order chi connectivity index (χ1) is 8.55. The molecular weight excluding hydrogens is 236 g/mol. The van der Waals surface area contributed by atoms with Crippen molar-refractivity contribution in [1.29, 1.82) is 0 Å². The van der Waals surface area contributed by atoms with E-state index in [1.165, 1.54) is 6.39 Å². The van der Waals surface area contributed by atoms with Gasteiger partial charge in [0.1, 0.15) is 5.54 Å². The smallest absolute Gasteiger partial charge is 0.248 e. The zero-order valence-corrected chi connectivity index (χ0v) is 10.5. The second kappa shape index (κ2) is 4.75. The van der Waals surface area contributed by atoms with Gasteiger partial charge in [-0.2, -0.15) is 4.98 Å². The normalized spacial score (nSPS) is 24.2. The Morgan fingerprint density at radius 2 is 2.33 bits per heavy atom. The molecule has 18 heavy (non-hydrogen) atoms. The Kier molecular flexibility index (Phi) is 3.31. The summed E-state index contributed by atoms with van der Waals surface area (Å²) in [5.74, 6) is 0.340. The summed E-state index contributed by atoms with van der Waals surface area (Å²) in [5, 5.41) is 6.41. The molecule has 0 aliphatic carbocycles. The predicted molar refractivity (Wildman–Crippen MR) is 61.4 cm³/mol. The van der Waals surface area contributed by atoms with Gasteiger partial charge in [0.2, 0.25) is 18.2 Å². The molecule has 1 aliphatic rings. The van der Waals surface area contributed by atoms with Crippen molar-refractivity contribution in [2.45, 2.75) is 32.2 Å². The van der Waals surface area contributed by atoms with E-state index >= 15 is 0 Å². The molecule has 7 nitrogen and oxygen atoms in total. The third kappa shape index (κ3) is 2.34. The van der Waals surface area contributed by atoms with Crippen LogP contribution in [-0.4, -0.2) is 45.5 Å². The van der Waals surface area contributed by atoms with E-state index in [9.17, 15) is 9.59 Å². The Bertz CT molecular complexity index is 445. The lowest BCUT2D eigenvalue weighted by Crippen LogP contribution is -2.65. The van der Waals surface area contributed by atoms with Crippen molar-refractivity contribution >= 4 is 11.8 Å². The summed E-state index contributed by atoms with van der Waals surface area (Å²) in [6.45, 7) is 4.13. The molecule has 2 amide bonds. The first-order valence-electron chi connectivity index (χ1n) is 5.91. The van der Waals surface area contributed by atoms with Crippen LogP contribution in [0.5, 0.6) is 0 Å². The number of aromatic nitrogens is 2. The van der Waals surface area contributed by atoms with Crippen molar-refractivity contribution < 1.29 is 14.1 Å². The molecule has 1 fully saturated rings. The molecule has 1 atom stereocenters. The summed E-state index contributed by atoms with van der Waals surface area (Å²) < 4.78 is 4.62. The fourth-order valence-electron chi connectivity index (χ4n) is 1.95. The molecule has 1 N–H and O–H groups in total. The summed E-state index contributed by atoms with van der Waals surface area (Å²) in [5.41, 5.74) is -0.799. The lowest BCUT2D eigenvalue weighted by Gasteiger charge is -2.39. The monoisotopic (exact) mass is 252 g/mol. The van der Waals surface area contributed by atoms with Crippen molar-refractivity contribution in [2.75, 3.05) is 13.1 Å². The maximum atomic E-state index is 12.2. The van der Waals surface area contributed by atoms with E-state index in [-0.39, 0.29) is 18.4 Å². The first-order valence-corrected chi connectivity index (χ1v) is 5.91. The Labute approximate surface area is 105 Å². The zero-order chi connectivity index (χ0) is 13.2. The molecule has 1 aromatic heterocycles. The Hall–Kier alpha value is -1.92. The number of rotatable bonds is 4. The molecule has 1 unspecified atom stereocenters. The van der Waals surface area contributed by atoms with Gasteiger partial charge in [-0.25, -0.2) is 0 Å². The number of hydrogen-bond donors (Lipinski definition) is 1. The van der Waals surface area contributed by atoms with E-state index in [2.05, 4.69) is 20.0 Å². The Balaban J connectivity index is 2.03. The molecule has 2 heterocycles. The molecule has 0 spiro atoms. The molecule has 0 bridgehead atoms. The van der Waals surface area contributed by atoms with Gasteiger partial charge in [0.15, 0.2) is 5.82 Å². The first kappa shape index (κ1) is 12.5. The van der Waals surface area contributed by atoms with Crippen LogP contribution in [0.1, 0.15) is 26.1 Å². The number of piperazine rings is 1. The van der Waals surface area contributed by atoms with Gasteiger partial charge in [0.05, 0.1) is 6.54 Å². The van der Waals surface area contributed by atoms with Crippen LogP contribution < -0.4 is 5.32 Å². The van der Waals surface area contributed by atoms with Gasteiger partial charge >= 0.3 is 0 Å². The number of hydrogen-bond acceptors (Lipinski definition) is 5. The van der Waals surface area contributed by atoms with E-state index in [1.807, 2.05) is 6.92 Å². The van der Waals surface area contributed by atoms with Crippen molar-refractivity contribution in [1.82, 2.24) is 20.4 Å². The van der Waals surface area contributed by atoms with Gasteiger partial charge < -0.3 is 14.7 Å². The minimum atomic E-state index is -0.799. The second-order valence-electron chi connectivity index (χ2n) is 4.56. The van der Waals surface area contributed by atoms with Crippen LogP contribution in [0.25, 0.3) is 0 Å². The van der Waals surface area contributed by atoms with Crippen LogP contribution in [0.15, 0.2) is 10.9 Å². The summed E-state index contributed by atoms with van der Waals surface area (Å²) in [6, 6.07) is 0. The fraction of sp³-hybridized carbons (Fsp3) is 0.636. The lowest BCUT2D eigenvalue weighted by atomic mass is 9.94. The highest BCUT2D eigenvalue weighted by molar-refractivity contribution is 5.97. The van der Waals surface area contributed by atoms with Crippen LogP contribution in [0.2, 0.25) is 0 Å². The second-order valence-corrected chi connectivity index (χ2v) is 4.56. The third-order valence-electron chi connectivity index (χ3n) is 3.23. The highest BCUT2D eigenvalue weighted by atomic mass is 16.5. The van der Waals surface area contributed by atoms with Gasteiger partial charge in [-0.3, -0.25) is 9.59 Å². The largest absolute Gasteiger partial charge is 0.343 e. The molecule has 1 saturated heterocycles. The lowest BCUT2D eigenvalue weighted by molar-refractivity contribution is -0.149. The number of carbonyl (C=O) groups is 2. The molecule has 0 saturated carbocycles. The van der Waals surface area contributed by atoms with Gasteiger partial charge in [-0.05, 0) is 13.3 Å². The summed E-state index contributed by atoms with van der Waals surface area (Å²) in [6.07, 6.45) is 2.29. The van der Waals surface area contributed by atoms with Gasteiger partial charge in [-0.15, -0.1) is 0 Å². The highest BCUT2D eigenvalue weighted by Crippen LogP contribution is 2.17. The molecule has 0 aromatic carbocycles. The average Bonchev–Trinajstić information content (AvgIpc) is 2.85. The number of nitrogens with zero attached hydrogens (tertiary/aromatic N) is 3. The SMILES string of the molecule is CCC1(C)NC(=O)CN(CCc2ncon2)C1=O. The Morgan fingerprint density at radius 1 is 1.56 bits per heavy atom. The molecule has 0 radical (unpaired) electrons. The maximum absolute atomic E-state index is 12.2. The van der Waals surface area contributed by atoms with Gasteiger partial charge in [-0.1, -0.05) is 12.1 Å². The summed E-state index contributed by atoms with van der Waals surface area (Å²) in [7, 11) is 0. The quantitative estimate of drug-likeness (QED) is 0.797. The van der Waals surface area contributed by atoms with E-state index in [0.29, 0.717) is 25.2 Å². The zero-order valence-electron chi connectivity index (χ0n) is 10.5. The maximum Gasteiger partial charge on any atom is 0.248 e. The fourth-order valence-corrected chi connectivity index (χ4v) is 1.95. The van der Waals surface area contributed by atoms with Crippen molar-refractivity contribution in [3.8, 4) is 0 Å². The predicted octanol–water partition coefficient (Wildman–Crippen LogP) is -0.261. The number of nitrogens with one attached hydrogen (secondary N) is 1. The average molecular weight is 252 g/mol. The van der Waals surface area contributed by atoms with E-state index in [4.69, 9.17) is 0 Å². The van der Waals surface area contributed by atoms with Crippen molar-refractivity contribution in [3.05, 3.63) is 12.2 Å². The van der Waals surface area contributed by atoms with Crippen LogP contribution in [0.4, 0.5) is 0 Å². The van der Waals surface area contributed by atoms with E-state index in [0.717, 1.165) is 0 Å². The number of carbonyl (C=O) groups excluding carboxylic acids is 2. The van der Waals surface area contributed by atoms with Gasteiger partial charge in [0, 0.05) is 13.0 Å². The molecule has 2 rings (SSSR count). The van der Waals surface area contributed by atoms with Crippen molar-refractivity contribution in [3.63, 3.8) is 0 Å². The molecule has 98 valence electrons. The minimum absolute atomic E-state index is 0.0619.